The normalized spacial score (nSPS) is 10.6. The zero-order valence-electron chi connectivity index (χ0n) is 8.26. The Morgan fingerprint density at radius 1 is 1.60 bits per heavy atom. The zero-order chi connectivity index (χ0) is 11.3. The molecule has 0 heterocycles. The Balaban J connectivity index is 2.63. The lowest BCUT2D eigenvalue weighted by atomic mass is 10.2. The van der Waals surface area contributed by atoms with E-state index in [0.29, 0.717) is 12.1 Å². The van der Waals surface area contributed by atoms with E-state index >= 15 is 0 Å². The second kappa shape index (κ2) is 5.66. The molecule has 80 valence electrons. The van der Waals surface area contributed by atoms with E-state index < -0.39 is 0 Å². The van der Waals surface area contributed by atoms with Crippen LogP contribution in [0.15, 0.2) is 28.7 Å². The fourth-order valence-electron chi connectivity index (χ4n) is 1.03. The minimum atomic E-state index is -0.280. The third kappa shape index (κ3) is 4.25. The van der Waals surface area contributed by atoms with Crippen LogP contribution in [0.25, 0.3) is 6.08 Å². The van der Waals surface area contributed by atoms with E-state index in [2.05, 4.69) is 21.2 Å². The summed E-state index contributed by atoms with van der Waals surface area (Å²) in [6, 6.07) is 4.71. The number of hydrogen-bond donors (Lipinski definition) is 1. The Hall–Kier alpha value is -1.16. The molecular formula is C11H11BrFNO. The molecule has 0 aliphatic rings. The Morgan fingerprint density at radius 2 is 2.33 bits per heavy atom. The minimum Gasteiger partial charge on any atom is -0.353 e. The highest BCUT2D eigenvalue weighted by Crippen LogP contribution is 2.16. The molecule has 0 bridgehead atoms. The van der Waals surface area contributed by atoms with Gasteiger partial charge in [0.1, 0.15) is 5.82 Å². The molecule has 1 rings (SSSR count). The summed E-state index contributed by atoms with van der Waals surface area (Å²) in [6.45, 7) is 1.84. The Kier molecular flexibility index (Phi) is 4.49. The largest absolute Gasteiger partial charge is 0.353 e. The highest BCUT2D eigenvalue weighted by molar-refractivity contribution is 9.10. The first-order valence-electron chi connectivity index (χ1n) is 4.45. The van der Waals surface area contributed by atoms with Gasteiger partial charge in [0.05, 0.1) is 0 Å². The number of rotatable bonds is 3. The molecule has 0 fully saturated rings. The third-order valence-electron chi connectivity index (χ3n) is 1.72. The van der Waals surface area contributed by atoms with Crippen molar-refractivity contribution >= 4 is 27.9 Å². The van der Waals surface area contributed by atoms with Gasteiger partial charge in [0, 0.05) is 23.5 Å². The van der Waals surface area contributed by atoms with Crippen LogP contribution in [-0.4, -0.2) is 12.5 Å². The summed E-state index contributed by atoms with van der Waals surface area (Å²) in [7, 11) is 0. The minimum absolute atomic E-state index is 0.102. The summed E-state index contributed by atoms with van der Waals surface area (Å²) >= 11 is 3.26. The lowest BCUT2D eigenvalue weighted by molar-refractivity contribution is -0.118. The molecule has 0 atom stereocenters. The van der Waals surface area contributed by atoms with Gasteiger partial charge in [-0.2, -0.15) is 0 Å². The van der Waals surface area contributed by atoms with Gasteiger partial charge in [-0.25, -0.2) is 4.39 Å². The van der Waals surface area contributed by atoms with Gasteiger partial charge < -0.3 is 5.32 Å². The Bertz CT molecular complexity index is 390. The maximum atomic E-state index is 13.2. The van der Waals surface area contributed by atoms with Gasteiger partial charge in [-0.05, 0) is 18.2 Å². The number of amides is 1. The highest BCUT2D eigenvalue weighted by Gasteiger charge is 1.98. The average Bonchev–Trinajstić information content (AvgIpc) is 2.17. The summed E-state index contributed by atoms with van der Waals surface area (Å²) in [5.41, 5.74) is 0.495. The summed E-state index contributed by atoms with van der Waals surface area (Å²) in [6.07, 6.45) is 3.34. The molecule has 0 spiro atoms. The molecule has 0 radical (unpaired) electrons. The molecule has 0 aliphatic heterocycles. The van der Waals surface area contributed by atoms with E-state index in [4.69, 9.17) is 0 Å². The summed E-state index contributed by atoms with van der Waals surface area (Å²) in [4.78, 5) is 10.5. The molecule has 15 heavy (non-hydrogen) atoms. The van der Waals surface area contributed by atoms with Crippen LogP contribution in [0.3, 0.4) is 0 Å². The molecule has 1 aromatic carbocycles. The van der Waals surface area contributed by atoms with Crippen molar-refractivity contribution in [1.29, 1.82) is 0 Å². The standard InChI is InChI=1S/C11H11BrFNO/c1-8(15)14-6-2-3-9-7-10(12)4-5-11(9)13/h2-5,7H,6H2,1H3,(H,14,15). The fourth-order valence-corrected chi connectivity index (χ4v) is 1.41. The van der Waals surface area contributed by atoms with E-state index in [0.717, 1.165) is 4.47 Å². The van der Waals surface area contributed by atoms with E-state index in [9.17, 15) is 9.18 Å². The molecule has 1 N–H and O–H groups in total. The fraction of sp³-hybridized carbons (Fsp3) is 0.182. The Labute approximate surface area is 96.3 Å². The molecule has 0 aliphatic carbocycles. The van der Waals surface area contributed by atoms with Gasteiger partial charge in [0.15, 0.2) is 0 Å². The van der Waals surface area contributed by atoms with Crippen molar-refractivity contribution < 1.29 is 9.18 Å². The first-order valence-corrected chi connectivity index (χ1v) is 5.25. The van der Waals surface area contributed by atoms with Crippen molar-refractivity contribution in [2.75, 3.05) is 6.54 Å². The monoisotopic (exact) mass is 271 g/mol. The van der Waals surface area contributed by atoms with E-state index in [1.807, 2.05) is 0 Å². The first kappa shape index (κ1) is 11.9. The van der Waals surface area contributed by atoms with Gasteiger partial charge in [0.2, 0.25) is 5.91 Å². The molecule has 0 unspecified atom stereocenters. The smallest absolute Gasteiger partial charge is 0.217 e. The van der Waals surface area contributed by atoms with Crippen LogP contribution in [0, 0.1) is 5.82 Å². The van der Waals surface area contributed by atoms with Crippen molar-refractivity contribution in [2.24, 2.45) is 0 Å². The van der Waals surface area contributed by atoms with Gasteiger partial charge in [-0.1, -0.05) is 28.1 Å². The average molecular weight is 272 g/mol. The number of nitrogens with one attached hydrogen (secondary N) is 1. The van der Waals surface area contributed by atoms with E-state index in [1.54, 1.807) is 24.3 Å². The quantitative estimate of drug-likeness (QED) is 0.900. The number of halogens is 2. The predicted octanol–water partition coefficient (Wildman–Crippen LogP) is 2.74. The number of carbonyl (C=O) groups is 1. The van der Waals surface area contributed by atoms with Crippen molar-refractivity contribution in [3.05, 3.63) is 40.1 Å². The summed E-state index contributed by atoms with van der Waals surface area (Å²) in [5.74, 6) is -0.383. The van der Waals surface area contributed by atoms with Gasteiger partial charge in [-0.3, -0.25) is 4.79 Å². The number of hydrogen-bond acceptors (Lipinski definition) is 1. The molecule has 0 aromatic heterocycles. The highest BCUT2D eigenvalue weighted by atomic mass is 79.9. The van der Waals surface area contributed by atoms with Gasteiger partial charge in [0.25, 0.3) is 0 Å². The third-order valence-corrected chi connectivity index (χ3v) is 2.22. The van der Waals surface area contributed by atoms with Crippen LogP contribution in [0.1, 0.15) is 12.5 Å². The molecule has 0 saturated carbocycles. The molecule has 4 heteroatoms. The molecule has 1 amide bonds. The lowest BCUT2D eigenvalue weighted by Crippen LogP contribution is -2.19. The van der Waals surface area contributed by atoms with Crippen molar-refractivity contribution in [3.8, 4) is 0 Å². The molecular weight excluding hydrogens is 261 g/mol. The van der Waals surface area contributed by atoms with Crippen LogP contribution in [-0.2, 0) is 4.79 Å². The second-order valence-electron chi connectivity index (χ2n) is 3.01. The molecule has 2 nitrogen and oxygen atoms in total. The number of carbonyl (C=O) groups excluding carboxylic acids is 1. The summed E-state index contributed by atoms with van der Waals surface area (Å²) < 4.78 is 14.0. The van der Waals surface area contributed by atoms with Crippen molar-refractivity contribution in [1.82, 2.24) is 5.32 Å². The van der Waals surface area contributed by atoms with Crippen LogP contribution in [0.5, 0.6) is 0 Å². The van der Waals surface area contributed by atoms with Crippen LogP contribution in [0.4, 0.5) is 4.39 Å². The molecule has 0 saturated heterocycles. The van der Waals surface area contributed by atoms with Crippen LogP contribution < -0.4 is 5.32 Å². The van der Waals surface area contributed by atoms with Crippen LogP contribution >= 0.6 is 15.9 Å². The van der Waals surface area contributed by atoms with Crippen molar-refractivity contribution in [2.45, 2.75) is 6.92 Å². The SMILES string of the molecule is CC(=O)NCC=Cc1cc(Br)ccc1F. The van der Waals surface area contributed by atoms with E-state index in [1.165, 1.54) is 13.0 Å². The zero-order valence-corrected chi connectivity index (χ0v) is 9.84. The van der Waals surface area contributed by atoms with Gasteiger partial charge in [-0.15, -0.1) is 0 Å². The predicted molar refractivity (Wildman–Crippen MR) is 61.8 cm³/mol. The topological polar surface area (TPSA) is 29.1 Å². The summed E-state index contributed by atoms with van der Waals surface area (Å²) in [5, 5.41) is 2.59. The molecule has 1 aromatic rings. The van der Waals surface area contributed by atoms with E-state index in [-0.39, 0.29) is 11.7 Å². The first-order chi connectivity index (χ1) is 7.09. The second-order valence-corrected chi connectivity index (χ2v) is 3.92. The van der Waals surface area contributed by atoms with Crippen LogP contribution in [0.2, 0.25) is 0 Å². The lowest BCUT2D eigenvalue weighted by Gasteiger charge is -1.98. The maximum absolute atomic E-state index is 13.2. The maximum Gasteiger partial charge on any atom is 0.217 e. The van der Waals surface area contributed by atoms with Crippen molar-refractivity contribution in [3.63, 3.8) is 0 Å². The Morgan fingerprint density at radius 3 is 3.00 bits per heavy atom. The number of benzene rings is 1. The van der Waals surface area contributed by atoms with Gasteiger partial charge >= 0.3 is 0 Å².